The standard InChI is InChI=1S/C6H9N3O2.CH3Cl/c7-5(6(10)11)1-4-2-8-3-9-4;1-2/h2-3,5H,1,7H2,(H,8,9)(H,10,11);1H3. The molecule has 1 aromatic rings. The number of nitrogens with one attached hydrogen (secondary N) is 1. The summed E-state index contributed by atoms with van der Waals surface area (Å²) in [4.78, 5) is 16.8. The number of carbonyl (C=O) groups is 1. The van der Waals surface area contributed by atoms with E-state index in [1.54, 1.807) is 6.20 Å². The minimum absolute atomic E-state index is 0.287. The van der Waals surface area contributed by atoms with E-state index in [2.05, 4.69) is 21.6 Å². The number of imidazole rings is 1. The third kappa shape index (κ3) is 4.49. The van der Waals surface area contributed by atoms with Crippen LogP contribution in [0.25, 0.3) is 0 Å². The topological polar surface area (TPSA) is 92.0 Å². The number of alkyl halides is 1. The van der Waals surface area contributed by atoms with Crippen molar-refractivity contribution in [2.24, 2.45) is 5.73 Å². The van der Waals surface area contributed by atoms with Gasteiger partial charge in [0.25, 0.3) is 0 Å². The number of nitrogens with two attached hydrogens (primary N) is 1. The Morgan fingerprint density at radius 1 is 1.85 bits per heavy atom. The first-order valence-electron chi connectivity index (χ1n) is 3.53. The van der Waals surface area contributed by atoms with E-state index in [-0.39, 0.29) is 6.42 Å². The highest BCUT2D eigenvalue weighted by atomic mass is 35.5. The Bertz CT molecular complexity index is 238. The Labute approximate surface area is 80.9 Å². The van der Waals surface area contributed by atoms with Crippen LogP contribution in [0, 0.1) is 0 Å². The van der Waals surface area contributed by atoms with Crippen LogP contribution >= 0.6 is 11.6 Å². The quantitative estimate of drug-likeness (QED) is 0.616. The molecule has 1 unspecified atom stereocenters. The van der Waals surface area contributed by atoms with Crippen LogP contribution in [-0.4, -0.2) is 33.5 Å². The van der Waals surface area contributed by atoms with E-state index in [4.69, 9.17) is 10.8 Å². The van der Waals surface area contributed by atoms with Crippen molar-refractivity contribution in [1.29, 1.82) is 0 Å². The molecule has 0 saturated carbocycles. The SMILES string of the molecule is CCl.NC(Cc1cnc[nH]1)C(=O)O. The van der Waals surface area contributed by atoms with Crippen molar-refractivity contribution in [3.8, 4) is 0 Å². The van der Waals surface area contributed by atoms with Gasteiger partial charge < -0.3 is 15.8 Å². The highest BCUT2D eigenvalue weighted by Crippen LogP contribution is 1.95. The number of halogens is 1. The van der Waals surface area contributed by atoms with Gasteiger partial charge in [-0.3, -0.25) is 4.79 Å². The molecule has 5 nitrogen and oxygen atoms in total. The number of nitrogens with zero attached hydrogens (tertiary/aromatic N) is 1. The van der Waals surface area contributed by atoms with Gasteiger partial charge in [0.05, 0.1) is 6.33 Å². The van der Waals surface area contributed by atoms with Crippen LogP contribution < -0.4 is 5.73 Å². The van der Waals surface area contributed by atoms with Crippen LogP contribution in [-0.2, 0) is 11.2 Å². The summed E-state index contributed by atoms with van der Waals surface area (Å²) in [5.74, 6) is -1.00. The summed E-state index contributed by atoms with van der Waals surface area (Å²) in [6, 6.07) is -0.851. The van der Waals surface area contributed by atoms with Crippen LogP contribution in [0.2, 0.25) is 0 Å². The average Bonchev–Trinajstić information content (AvgIpc) is 2.60. The lowest BCUT2D eigenvalue weighted by atomic mass is 10.2. The minimum atomic E-state index is -1.00. The van der Waals surface area contributed by atoms with Gasteiger partial charge in [-0.2, -0.15) is 0 Å². The lowest BCUT2D eigenvalue weighted by Crippen LogP contribution is -2.32. The van der Waals surface area contributed by atoms with Crippen LogP contribution in [0.4, 0.5) is 0 Å². The third-order valence-corrected chi connectivity index (χ3v) is 1.31. The summed E-state index contributed by atoms with van der Waals surface area (Å²) in [5, 5.41) is 8.42. The molecule has 1 aromatic heterocycles. The molecule has 74 valence electrons. The number of aliphatic carboxylic acids is 1. The molecule has 0 aromatic carbocycles. The van der Waals surface area contributed by atoms with E-state index in [1.807, 2.05) is 0 Å². The van der Waals surface area contributed by atoms with Crippen molar-refractivity contribution >= 4 is 17.6 Å². The summed E-state index contributed by atoms with van der Waals surface area (Å²) < 4.78 is 0. The number of carboxylic acids is 1. The molecule has 0 aliphatic carbocycles. The van der Waals surface area contributed by atoms with Crippen molar-refractivity contribution in [3.05, 3.63) is 18.2 Å². The van der Waals surface area contributed by atoms with Crippen molar-refractivity contribution in [3.63, 3.8) is 0 Å². The van der Waals surface area contributed by atoms with E-state index in [9.17, 15) is 4.79 Å². The zero-order chi connectivity index (χ0) is 10.3. The maximum Gasteiger partial charge on any atom is 0.320 e. The largest absolute Gasteiger partial charge is 0.480 e. The van der Waals surface area contributed by atoms with E-state index >= 15 is 0 Å². The molecule has 0 spiro atoms. The first-order valence-corrected chi connectivity index (χ1v) is 4.29. The van der Waals surface area contributed by atoms with Gasteiger partial charge in [-0.15, -0.1) is 11.6 Å². The zero-order valence-corrected chi connectivity index (χ0v) is 7.95. The molecule has 1 rings (SSSR count). The van der Waals surface area contributed by atoms with E-state index < -0.39 is 12.0 Å². The Morgan fingerprint density at radius 2 is 2.46 bits per heavy atom. The van der Waals surface area contributed by atoms with Crippen molar-refractivity contribution < 1.29 is 9.90 Å². The molecular weight excluding hydrogens is 194 g/mol. The molecule has 4 N–H and O–H groups in total. The zero-order valence-electron chi connectivity index (χ0n) is 7.20. The van der Waals surface area contributed by atoms with Gasteiger partial charge >= 0.3 is 5.97 Å². The Kier molecular flexibility index (Phi) is 5.92. The fraction of sp³-hybridized carbons (Fsp3) is 0.429. The summed E-state index contributed by atoms with van der Waals surface area (Å²) in [6.07, 6.45) is 4.81. The molecule has 0 bridgehead atoms. The summed E-state index contributed by atoms with van der Waals surface area (Å²) in [6.45, 7) is 0. The van der Waals surface area contributed by atoms with Crippen LogP contribution in [0.15, 0.2) is 12.5 Å². The molecule has 0 fully saturated rings. The predicted octanol–water partition coefficient (Wildman–Crippen LogP) is 0.219. The first kappa shape index (κ1) is 11.9. The number of hydrogen-bond donors (Lipinski definition) is 3. The number of rotatable bonds is 3. The molecule has 1 atom stereocenters. The Balaban J connectivity index is 0.000000671. The van der Waals surface area contributed by atoms with Gasteiger partial charge in [-0.1, -0.05) is 0 Å². The molecule has 1 heterocycles. The minimum Gasteiger partial charge on any atom is -0.480 e. The number of H-pyrrole nitrogens is 1. The predicted molar refractivity (Wildman–Crippen MR) is 49.7 cm³/mol. The van der Waals surface area contributed by atoms with E-state index in [1.165, 1.54) is 12.7 Å². The van der Waals surface area contributed by atoms with Crippen LogP contribution in [0.3, 0.4) is 0 Å². The smallest absolute Gasteiger partial charge is 0.320 e. The molecule has 0 amide bonds. The van der Waals surface area contributed by atoms with E-state index in [0.717, 1.165) is 5.69 Å². The molecule has 13 heavy (non-hydrogen) atoms. The highest BCUT2D eigenvalue weighted by Gasteiger charge is 2.11. The number of aromatic nitrogens is 2. The highest BCUT2D eigenvalue weighted by molar-refractivity contribution is 6.15. The maximum atomic E-state index is 10.3. The van der Waals surface area contributed by atoms with Crippen LogP contribution in [0.5, 0.6) is 0 Å². The van der Waals surface area contributed by atoms with Crippen molar-refractivity contribution in [2.45, 2.75) is 12.5 Å². The molecule has 0 radical (unpaired) electrons. The van der Waals surface area contributed by atoms with Gasteiger partial charge in [0.2, 0.25) is 0 Å². The number of aromatic amines is 1. The summed E-state index contributed by atoms with van der Waals surface area (Å²) in [5.41, 5.74) is 6.00. The van der Waals surface area contributed by atoms with E-state index in [0.29, 0.717) is 0 Å². The first-order chi connectivity index (χ1) is 6.20. The molecule has 6 heteroatoms. The van der Waals surface area contributed by atoms with Gasteiger partial charge in [-0.05, 0) is 0 Å². The fourth-order valence-corrected chi connectivity index (χ4v) is 0.721. The molecule has 0 aliphatic rings. The number of carboxylic acid groups (broad SMARTS) is 1. The van der Waals surface area contributed by atoms with Gasteiger partial charge in [-0.25, -0.2) is 4.98 Å². The molecule has 0 aliphatic heterocycles. The van der Waals surface area contributed by atoms with Gasteiger partial charge in [0.1, 0.15) is 6.04 Å². The normalized spacial score (nSPS) is 11.3. The third-order valence-electron chi connectivity index (χ3n) is 1.31. The summed E-state index contributed by atoms with van der Waals surface area (Å²) >= 11 is 4.64. The second-order valence-electron chi connectivity index (χ2n) is 2.23. The monoisotopic (exact) mass is 205 g/mol. The second kappa shape index (κ2) is 6.45. The molecule has 0 saturated heterocycles. The van der Waals surface area contributed by atoms with Gasteiger partial charge in [0, 0.05) is 24.7 Å². The lowest BCUT2D eigenvalue weighted by molar-refractivity contribution is -0.138. The average molecular weight is 206 g/mol. The number of hydrogen-bond acceptors (Lipinski definition) is 3. The maximum absolute atomic E-state index is 10.3. The lowest BCUT2D eigenvalue weighted by Gasteiger charge is -2.02. The second-order valence-corrected chi connectivity index (χ2v) is 2.23. The van der Waals surface area contributed by atoms with Gasteiger partial charge in [0.15, 0.2) is 0 Å². The van der Waals surface area contributed by atoms with Crippen molar-refractivity contribution in [2.75, 3.05) is 6.38 Å². The van der Waals surface area contributed by atoms with Crippen LogP contribution in [0.1, 0.15) is 5.69 Å². The molecular formula is C7H12ClN3O2. The summed E-state index contributed by atoms with van der Waals surface area (Å²) in [7, 11) is 0. The fourth-order valence-electron chi connectivity index (χ4n) is 0.721. The van der Waals surface area contributed by atoms with Crippen molar-refractivity contribution in [1.82, 2.24) is 9.97 Å². The Morgan fingerprint density at radius 3 is 2.85 bits per heavy atom. The Hall–Kier alpha value is -1.07.